The molecule has 0 radical (unpaired) electrons. The monoisotopic (exact) mass is 336 g/mol. The Balaban J connectivity index is 2.12. The highest BCUT2D eigenvalue weighted by atomic mass is 19.3. The van der Waals surface area contributed by atoms with Gasteiger partial charge in [-0.3, -0.25) is 5.01 Å². The molecule has 0 spiro atoms. The Morgan fingerprint density at radius 1 is 1.25 bits per heavy atom. The number of nitrogens with zero attached hydrogens (tertiary/aromatic N) is 4. The van der Waals surface area contributed by atoms with Crippen molar-refractivity contribution >= 4 is 5.82 Å². The van der Waals surface area contributed by atoms with Crippen LogP contribution < -0.4 is 21.3 Å². The van der Waals surface area contributed by atoms with Gasteiger partial charge in [-0.1, -0.05) is 0 Å². The van der Waals surface area contributed by atoms with Crippen molar-refractivity contribution in [2.45, 2.75) is 20.3 Å². The van der Waals surface area contributed by atoms with Gasteiger partial charge < -0.3 is 10.5 Å². The van der Waals surface area contributed by atoms with Gasteiger partial charge in [0.05, 0.1) is 11.4 Å². The molecule has 0 saturated heterocycles. The van der Waals surface area contributed by atoms with Crippen molar-refractivity contribution in [3.8, 4) is 5.88 Å². The summed E-state index contributed by atoms with van der Waals surface area (Å²) in [5, 5.41) is 8.95. The molecule has 0 saturated carbocycles. The van der Waals surface area contributed by atoms with E-state index in [1.807, 2.05) is 6.92 Å². The van der Waals surface area contributed by atoms with Gasteiger partial charge in [-0.25, -0.2) is 19.6 Å². The average Bonchev–Trinajstić information content (AvgIpc) is 2.56. The second-order valence-electron chi connectivity index (χ2n) is 5.05. The van der Waals surface area contributed by atoms with Crippen LogP contribution in [0.4, 0.5) is 14.6 Å². The van der Waals surface area contributed by atoms with Crippen LogP contribution in [-0.4, -0.2) is 21.8 Å². The molecule has 0 aliphatic carbocycles. The summed E-state index contributed by atoms with van der Waals surface area (Å²) in [6.45, 7) is 3.48. The molecule has 0 amide bonds. The summed E-state index contributed by atoms with van der Waals surface area (Å²) in [7, 11) is 0. The number of hydrogen-bond donors (Lipinski definition) is 2. The highest BCUT2D eigenvalue weighted by Gasteiger charge is 2.15. The summed E-state index contributed by atoms with van der Waals surface area (Å²) in [4.78, 5) is 3.92. The fraction of sp³-hybridized carbons (Fsp3) is 0.267. The minimum absolute atomic E-state index is 0.0227. The first-order valence-corrected chi connectivity index (χ1v) is 7.05. The van der Waals surface area contributed by atoms with Gasteiger partial charge >= 0.3 is 0 Å². The van der Waals surface area contributed by atoms with E-state index in [0.29, 0.717) is 17.3 Å². The van der Waals surface area contributed by atoms with Gasteiger partial charge in [-0.2, -0.15) is 5.10 Å². The summed E-state index contributed by atoms with van der Waals surface area (Å²) in [5.41, 5.74) is 7.24. The Kier molecular flexibility index (Phi) is 5.59. The standard InChI is InChI=1S/C15H18F2N6O/c1-9-3-6-14(22-21-9)24-8-12(10(2)18)23(19)13-5-4-11(7-20-13)15(16)17/h3-7,15H,8,18-19H2,1-2H3/b12-10-. The largest absolute Gasteiger partial charge is 0.470 e. The number of rotatable bonds is 6. The molecular formula is C15H18F2N6O. The molecule has 0 unspecified atom stereocenters. The van der Waals surface area contributed by atoms with E-state index >= 15 is 0 Å². The second kappa shape index (κ2) is 7.64. The lowest BCUT2D eigenvalue weighted by Gasteiger charge is -2.22. The number of aromatic nitrogens is 3. The number of allylic oxidation sites excluding steroid dienone is 1. The third-order valence-corrected chi connectivity index (χ3v) is 3.15. The number of aryl methyl sites for hydroxylation is 1. The van der Waals surface area contributed by atoms with Crippen molar-refractivity contribution < 1.29 is 13.5 Å². The van der Waals surface area contributed by atoms with Gasteiger partial charge in [0.25, 0.3) is 6.43 Å². The summed E-state index contributed by atoms with van der Waals surface area (Å²) >= 11 is 0. The Hall–Kier alpha value is -2.81. The maximum Gasteiger partial charge on any atom is 0.265 e. The maximum absolute atomic E-state index is 12.6. The maximum atomic E-state index is 12.6. The fourth-order valence-corrected chi connectivity index (χ4v) is 1.79. The lowest BCUT2D eigenvalue weighted by atomic mass is 10.3. The quantitative estimate of drug-likeness (QED) is 0.615. The van der Waals surface area contributed by atoms with Crippen LogP contribution in [0.3, 0.4) is 0 Å². The smallest absolute Gasteiger partial charge is 0.265 e. The van der Waals surface area contributed by atoms with Crippen LogP contribution in [0.2, 0.25) is 0 Å². The molecule has 0 aliphatic rings. The van der Waals surface area contributed by atoms with Crippen LogP contribution in [0.15, 0.2) is 41.9 Å². The summed E-state index contributed by atoms with van der Waals surface area (Å²) in [6.07, 6.45) is -1.53. The van der Waals surface area contributed by atoms with E-state index in [9.17, 15) is 8.78 Å². The molecule has 9 heteroatoms. The molecule has 128 valence electrons. The molecule has 2 rings (SSSR count). The van der Waals surface area contributed by atoms with E-state index in [0.717, 1.165) is 11.9 Å². The molecule has 2 aromatic heterocycles. The Morgan fingerprint density at radius 3 is 2.50 bits per heavy atom. The Morgan fingerprint density at radius 2 is 2.00 bits per heavy atom. The van der Waals surface area contributed by atoms with Gasteiger partial charge in [-0.15, -0.1) is 5.10 Å². The highest BCUT2D eigenvalue weighted by Crippen LogP contribution is 2.21. The van der Waals surface area contributed by atoms with Crippen molar-refractivity contribution in [2.75, 3.05) is 11.6 Å². The van der Waals surface area contributed by atoms with Crippen molar-refractivity contribution in [1.29, 1.82) is 0 Å². The van der Waals surface area contributed by atoms with Crippen LogP contribution in [0.5, 0.6) is 5.88 Å². The van der Waals surface area contributed by atoms with Crippen LogP contribution in [-0.2, 0) is 0 Å². The predicted octanol–water partition coefficient (Wildman–Crippen LogP) is 2.07. The number of hydrazine groups is 1. The minimum atomic E-state index is -2.59. The zero-order valence-corrected chi connectivity index (χ0v) is 13.3. The summed E-state index contributed by atoms with van der Waals surface area (Å²) in [5.74, 6) is 6.56. The van der Waals surface area contributed by atoms with Gasteiger partial charge in [-0.05, 0) is 32.0 Å². The number of anilines is 1. The Bertz CT molecular complexity index is 699. The molecule has 4 N–H and O–H groups in total. The van der Waals surface area contributed by atoms with E-state index in [1.165, 1.54) is 17.1 Å². The SMILES string of the molecule is C/C(N)=C(\COc1ccc(C)nn1)N(N)c1ccc(C(F)F)cn1. The van der Waals surface area contributed by atoms with E-state index < -0.39 is 6.43 Å². The first-order valence-electron chi connectivity index (χ1n) is 7.05. The van der Waals surface area contributed by atoms with Crippen molar-refractivity contribution in [2.24, 2.45) is 11.6 Å². The Labute approximate surface area is 137 Å². The lowest BCUT2D eigenvalue weighted by Crippen LogP contribution is -2.35. The lowest BCUT2D eigenvalue weighted by molar-refractivity contribution is 0.151. The van der Waals surface area contributed by atoms with Gasteiger partial charge in [0.15, 0.2) is 0 Å². The van der Waals surface area contributed by atoms with Crippen molar-refractivity contribution in [1.82, 2.24) is 15.2 Å². The number of pyridine rings is 1. The van der Waals surface area contributed by atoms with Crippen LogP contribution >= 0.6 is 0 Å². The highest BCUT2D eigenvalue weighted by molar-refractivity contribution is 5.45. The molecule has 0 aliphatic heterocycles. The molecule has 2 heterocycles. The van der Waals surface area contributed by atoms with E-state index in [2.05, 4.69) is 15.2 Å². The summed E-state index contributed by atoms with van der Waals surface area (Å²) < 4.78 is 30.7. The molecule has 0 fully saturated rings. The number of alkyl halides is 2. The van der Waals surface area contributed by atoms with Gasteiger partial charge in [0, 0.05) is 23.5 Å². The van der Waals surface area contributed by atoms with Gasteiger partial charge in [0.2, 0.25) is 5.88 Å². The molecule has 0 atom stereocenters. The van der Waals surface area contributed by atoms with E-state index in [1.54, 1.807) is 19.1 Å². The topological polar surface area (TPSA) is 103 Å². The number of halogens is 2. The fourth-order valence-electron chi connectivity index (χ4n) is 1.79. The van der Waals surface area contributed by atoms with Crippen LogP contribution in [0.25, 0.3) is 0 Å². The van der Waals surface area contributed by atoms with Crippen LogP contribution in [0.1, 0.15) is 24.6 Å². The van der Waals surface area contributed by atoms with E-state index in [-0.39, 0.29) is 18.0 Å². The zero-order chi connectivity index (χ0) is 17.7. The number of hydrogen-bond acceptors (Lipinski definition) is 7. The molecule has 24 heavy (non-hydrogen) atoms. The molecular weight excluding hydrogens is 318 g/mol. The predicted molar refractivity (Wildman–Crippen MR) is 85.0 cm³/mol. The van der Waals surface area contributed by atoms with Crippen molar-refractivity contribution in [3.63, 3.8) is 0 Å². The first-order chi connectivity index (χ1) is 11.4. The summed E-state index contributed by atoms with van der Waals surface area (Å²) in [6, 6.07) is 6.06. The second-order valence-corrected chi connectivity index (χ2v) is 5.05. The number of nitrogens with two attached hydrogens (primary N) is 2. The van der Waals surface area contributed by atoms with Crippen molar-refractivity contribution in [3.05, 3.63) is 53.1 Å². The normalized spacial score (nSPS) is 12.1. The third-order valence-electron chi connectivity index (χ3n) is 3.15. The molecule has 0 aromatic carbocycles. The number of ether oxygens (including phenoxy) is 1. The van der Waals surface area contributed by atoms with Crippen LogP contribution in [0, 0.1) is 6.92 Å². The zero-order valence-electron chi connectivity index (χ0n) is 13.3. The first kappa shape index (κ1) is 17.5. The van der Waals surface area contributed by atoms with Gasteiger partial charge in [0.1, 0.15) is 12.4 Å². The molecule has 2 aromatic rings. The third kappa shape index (κ3) is 4.35. The molecule has 7 nitrogen and oxygen atoms in total. The minimum Gasteiger partial charge on any atom is -0.470 e. The van der Waals surface area contributed by atoms with E-state index in [4.69, 9.17) is 16.3 Å². The average molecular weight is 336 g/mol. The molecule has 0 bridgehead atoms.